The van der Waals surface area contributed by atoms with E-state index in [4.69, 9.17) is 4.52 Å². The van der Waals surface area contributed by atoms with Gasteiger partial charge in [0.15, 0.2) is 5.82 Å². The largest absolute Gasteiger partial charge is 0.343 e. The van der Waals surface area contributed by atoms with Crippen molar-refractivity contribution < 1.29 is 4.52 Å². The molecular formula is C17H18N4O. The lowest BCUT2D eigenvalue weighted by atomic mass is 10.0. The summed E-state index contributed by atoms with van der Waals surface area (Å²) < 4.78 is 7.61. The van der Waals surface area contributed by atoms with Crippen LogP contribution in [0, 0.1) is 0 Å². The maximum atomic E-state index is 5.47. The zero-order valence-electron chi connectivity index (χ0n) is 12.2. The molecule has 0 aliphatic carbocycles. The number of hydrogen-bond acceptors (Lipinski definition) is 4. The summed E-state index contributed by atoms with van der Waals surface area (Å²) in [5.41, 5.74) is 1.26. The minimum Gasteiger partial charge on any atom is -0.343 e. The first-order chi connectivity index (χ1) is 10.9. The lowest BCUT2D eigenvalue weighted by Crippen LogP contribution is -2.40. The second kappa shape index (κ2) is 5.77. The lowest BCUT2D eigenvalue weighted by molar-refractivity contribution is 0.304. The van der Waals surface area contributed by atoms with Gasteiger partial charge in [0.25, 0.3) is 0 Å². The molecule has 5 heteroatoms. The van der Waals surface area contributed by atoms with Crippen LogP contribution in [0.4, 0.5) is 0 Å². The Hall–Kier alpha value is -2.40. The molecule has 1 fully saturated rings. The lowest BCUT2D eigenvalue weighted by Gasteiger charge is -2.22. The predicted octanol–water partition coefficient (Wildman–Crippen LogP) is 2.39. The summed E-state index contributed by atoms with van der Waals surface area (Å²) in [7, 11) is 0. The molecule has 5 nitrogen and oxygen atoms in total. The fraction of sp³-hybridized carbons (Fsp3) is 0.294. The van der Waals surface area contributed by atoms with Gasteiger partial charge in [0.1, 0.15) is 6.04 Å². The highest BCUT2D eigenvalue weighted by Gasteiger charge is 2.27. The van der Waals surface area contributed by atoms with Crippen LogP contribution in [0.1, 0.15) is 29.2 Å². The molecular weight excluding hydrogens is 276 g/mol. The van der Waals surface area contributed by atoms with Crippen molar-refractivity contribution in [3.63, 3.8) is 0 Å². The number of aromatic nitrogens is 3. The third-order valence-electron chi connectivity index (χ3n) is 4.15. The van der Waals surface area contributed by atoms with Crippen LogP contribution in [0.3, 0.4) is 0 Å². The SMILES string of the molecule is c1ccc(C[C@H](c2noc(C3CNC3)n2)n2cccc2)cc1. The second-order valence-corrected chi connectivity index (χ2v) is 5.68. The summed E-state index contributed by atoms with van der Waals surface area (Å²) in [6, 6.07) is 14.5. The first-order valence-corrected chi connectivity index (χ1v) is 7.61. The van der Waals surface area contributed by atoms with Crippen molar-refractivity contribution in [2.45, 2.75) is 18.4 Å². The molecule has 0 radical (unpaired) electrons. The molecule has 1 N–H and O–H groups in total. The van der Waals surface area contributed by atoms with Gasteiger partial charge >= 0.3 is 0 Å². The second-order valence-electron chi connectivity index (χ2n) is 5.68. The maximum absolute atomic E-state index is 5.47. The van der Waals surface area contributed by atoms with Crippen LogP contribution in [-0.4, -0.2) is 27.8 Å². The van der Waals surface area contributed by atoms with Gasteiger partial charge in [0.2, 0.25) is 5.89 Å². The molecule has 112 valence electrons. The molecule has 22 heavy (non-hydrogen) atoms. The topological polar surface area (TPSA) is 55.9 Å². The van der Waals surface area contributed by atoms with Crippen molar-refractivity contribution in [3.8, 4) is 0 Å². The van der Waals surface area contributed by atoms with E-state index in [1.807, 2.05) is 18.2 Å². The van der Waals surface area contributed by atoms with Crippen molar-refractivity contribution in [2.24, 2.45) is 0 Å². The van der Waals surface area contributed by atoms with Crippen molar-refractivity contribution in [1.29, 1.82) is 0 Å². The van der Waals surface area contributed by atoms with Crippen molar-refractivity contribution in [2.75, 3.05) is 13.1 Å². The van der Waals surface area contributed by atoms with E-state index in [0.717, 1.165) is 31.2 Å². The normalized spacial score (nSPS) is 16.4. The molecule has 1 saturated heterocycles. The van der Waals surface area contributed by atoms with E-state index >= 15 is 0 Å². The van der Waals surface area contributed by atoms with Crippen molar-refractivity contribution in [1.82, 2.24) is 20.0 Å². The van der Waals surface area contributed by atoms with E-state index in [-0.39, 0.29) is 6.04 Å². The molecule has 0 amide bonds. The van der Waals surface area contributed by atoms with Gasteiger partial charge in [0, 0.05) is 31.9 Å². The number of nitrogens with one attached hydrogen (secondary N) is 1. The van der Waals surface area contributed by atoms with E-state index < -0.39 is 0 Å². The molecule has 0 bridgehead atoms. The van der Waals surface area contributed by atoms with Crippen LogP contribution >= 0.6 is 0 Å². The fourth-order valence-electron chi connectivity index (χ4n) is 2.73. The zero-order chi connectivity index (χ0) is 14.8. The highest BCUT2D eigenvalue weighted by Crippen LogP contribution is 2.24. The van der Waals surface area contributed by atoms with E-state index in [2.05, 4.69) is 56.7 Å². The quantitative estimate of drug-likeness (QED) is 0.785. The summed E-state index contributed by atoms with van der Waals surface area (Å²) >= 11 is 0. The third kappa shape index (κ3) is 2.55. The van der Waals surface area contributed by atoms with Gasteiger partial charge in [0.05, 0.1) is 5.92 Å². The van der Waals surface area contributed by atoms with Crippen LogP contribution < -0.4 is 5.32 Å². The Labute approximate surface area is 129 Å². The van der Waals surface area contributed by atoms with Gasteiger partial charge in [-0.1, -0.05) is 35.5 Å². The summed E-state index contributed by atoms with van der Waals surface area (Å²) in [6.45, 7) is 1.85. The van der Waals surface area contributed by atoms with E-state index in [0.29, 0.717) is 5.92 Å². The van der Waals surface area contributed by atoms with Crippen LogP contribution in [0.15, 0.2) is 59.4 Å². The molecule has 3 aromatic rings. The molecule has 0 spiro atoms. The first kappa shape index (κ1) is 13.3. The Morgan fingerprint density at radius 1 is 1.14 bits per heavy atom. The maximum Gasteiger partial charge on any atom is 0.232 e. The molecule has 0 unspecified atom stereocenters. The Balaban J connectivity index is 1.63. The summed E-state index contributed by atoms with van der Waals surface area (Å²) in [5, 5.41) is 7.47. The molecule has 3 heterocycles. The number of hydrogen-bond donors (Lipinski definition) is 1. The summed E-state index contributed by atoms with van der Waals surface area (Å²) in [6.07, 6.45) is 4.94. The van der Waals surface area contributed by atoms with E-state index in [1.165, 1.54) is 5.56 Å². The van der Waals surface area contributed by atoms with Crippen LogP contribution in [-0.2, 0) is 6.42 Å². The third-order valence-corrected chi connectivity index (χ3v) is 4.15. The first-order valence-electron chi connectivity index (χ1n) is 7.61. The molecule has 1 aliphatic rings. The van der Waals surface area contributed by atoms with Gasteiger partial charge in [-0.15, -0.1) is 0 Å². The highest BCUT2D eigenvalue weighted by molar-refractivity contribution is 5.18. The van der Waals surface area contributed by atoms with Crippen LogP contribution in [0.2, 0.25) is 0 Å². The minimum absolute atomic E-state index is 0.0583. The molecule has 2 aromatic heterocycles. The standard InChI is InChI=1S/C17H18N4O/c1-2-6-13(7-3-1)10-15(21-8-4-5-9-21)16-19-17(22-20-16)14-11-18-12-14/h1-9,14-15,18H,10-12H2/t15-/m1/s1. The number of rotatable bonds is 5. The zero-order valence-corrected chi connectivity index (χ0v) is 12.2. The highest BCUT2D eigenvalue weighted by atomic mass is 16.5. The minimum atomic E-state index is 0.0583. The Bertz CT molecular complexity index is 716. The molecule has 4 rings (SSSR count). The Kier molecular flexibility index (Phi) is 3.48. The average molecular weight is 294 g/mol. The summed E-state index contributed by atoms with van der Waals surface area (Å²) in [5.74, 6) is 1.87. The van der Waals surface area contributed by atoms with E-state index in [9.17, 15) is 0 Å². The number of nitrogens with zero attached hydrogens (tertiary/aromatic N) is 3. The van der Waals surface area contributed by atoms with Gasteiger partial charge in [-0.3, -0.25) is 0 Å². The fourth-order valence-corrected chi connectivity index (χ4v) is 2.73. The van der Waals surface area contributed by atoms with Gasteiger partial charge < -0.3 is 14.4 Å². The van der Waals surface area contributed by atoms with Gasteiger partial charge in [-0.2, -0.15) is 4.98 Å². The predicted molar refractivity (Wildman–Crippen MR) is 82.6 cm³/mol. The van der Waals surface area contributed by atoms with Crippen molar-refractivity contribution >= 4 is 0 Å². The summed E-state index contributed by atoms with van der Waals surface area (Å²) in [4.78, 5) is 4.65. The monoisotopic (exact) mass is 294 g/mol. The average Bonchev–Trinajstić information content (AvgIpc) is 3.16. The van der Waals surface area contributed by atoms with Crippen molar-refractivity contribution in [3.05, 3.63) is 72.1 Å². The van der Waals surface area contributed by atoms with E-state index in [1.54, 1.807) is 0 Å². The molecule has 1 aromatic carbocycles. The van der Waals surface area contributed by atoms with Crippen LogP contribution in [0.5, 0.6) is 0 Å². The Morgan fingerprint density at radius 2 is 1.91 bits per heavy atom. The molecule has 1 aliphatic heterocycles. The van der Waals surface area contributed by atoms with Gasteiger partial charge in [-0.05, 0) is 17.7 Å². The molecule has 0 saturated carbocycles. The van der Waals surface area contributed by atoms with Gasteiger partial charge in [-0.25, -0.2) is 0 Å². The molecule has 1 atom stereocenters. The smallest absolute Gasteiger partial charge is 0.232 e. The Morgan fingerprint density at radius 3 is 2.59 bits per heavy atom. The van der Waals surface area contributed by atoms with Crippen LogP contribution in [0.25, 0.3) is 0 Å². The number of benzene rings is 1.